The van der Waals surface area contributed by atoms with E-state index >= 15 is 0 Å². The Labute approximate surface area is 125 Å². The quantitative estimate of drug-likeness (QED) is 0.510. The summed E-state index contributed by atoms with van der Waals surface area (Å²) in [6, 6.07) is 1.21. The number of rotatable bonds is 2. The smallest absolute Gasteiger partial charge is 0.319 e. The fourth-order valence-electron chi connectivity index (χ4n) is 3.39. The van der Waals surface area contributed by atoms with Gasteiger partial charge in [0.1, 0.15) is 5.56 Å². The van der Waals surface area contributed by atoms with Crippen LogP contribution in [-0.2, 0) is 0 Å². The lowest BCUT2D eigenvalue weighted by Gasteiger charge is -2.37. The number of amides is 1. The van der Waals surface area contributed by atoms with Gasteiger partial charge in [0.05, 0.1) is 11.0 Å². The third-order valence-electron chi connectivity index (χ3n) is 4.24. The molecule has 0 aromatic carbocycles. The lowest BCUT2D eigenvalue weighted by Crippen LogP contribution is -2.48. The summed E-state index contributed by atoms with van der Waals surface area (Å²) in [4.78, 5) is 28.5. The number of pyridine rings is 1. The van der Waals surface area contributed by atoms with Crippen molar-refractivity contribution in [2.45, 2.75) is 43.9 Å². The second-order valence-corrected chi connectivity index (χ2v) is 5.84. The molecule has 3 rings (SSSR count). The van der Waals surface area contributed by atoms with Crippen LogP contribution in [0.2, 0.25) is 5.15 Å². The van der Waals surface area contributed by atoms with Crippen LogP contribution in [-0.4, -0.2) is 44.0 Å². The van der Waals surface area contributed by atoms with Gasteiger partial charge >= 0.3 is 5.69 Å². The molecule has 2 unspecified atom stereocenters. The van der Waals surface area contributed by atoms with Crippen molar-refractivity contribution in [3.8, 4) is 0 Å². The Morgan fingerprint density at radius 1 is 1.43 bits per heavy atom. The second-order valence-electron chi connectivity index (χ2n) is 5.48. The van der Waals surface area contributed by atoms with Crippen molar-refractivity contribution in [3.63, 3.8) is 0 Å². The number of piperidine rings is 1. The molecule has 0 saturated carbocycles. The molecule has 1 aromatic rings. The van der Waals surface area contributed by atoms with Crippen molar-refractivity contribution in [1.82, 2.24) is 9.88 Å². The largest absolute Gasteiger partial charge is 0.393 e. The Kier molecular flexibility index (Phi) is 3.54. The van der Waals surface area contributed by atoms with E-state index in [0.717, 1.165) is 12.8 Å². The molecular formula is C13H14ClN3O4. The number of fused-ring (bicyclic) bond motifs is 2. The Bertz CT molecular complexity index is 595. The summed E-state index contributed by atoms with van der Waals surface area (Å²) in [5.74, 6) is -0.398. The third-order valence-corrected chi connectivity index (χ3v) is 4.51. The van der Waals surface area contributed by atoms with Crippen molar-refractivity contribution < 1.29 is 14.8 Å². The number of hydrogen-bond acceptors (Lipinski definition) is 5. The van der Waals surface area contributed by atoms with Gasteiger partial charge < -0.3 is 10.0 Å². The van der Waals surface area contributed by atoms with E-state index in [9.17, 15) is 20.0 Å². The minimum absolute atomic E-state index is 0.0340. The molecule has 2 fully saturated rings. The maximum atomic E-state index is 12.7. The number of nitrogens with zero attached hydrogens (tertiary/aromatic N) is 3. The number of halogens is 1. The molecule has 8 heteroatoms. The Balaban J connectivity index is 1.97. The fraction of sp³-hybridized carbons (Fsp3) is 0.538. The number of aromatic nitrogens is 1. The molecule has 21 heavy (non-hydrogen) atoms. The van der Waals surface area contributed by atoms with Crippen LogP contribution >= 0.6 is 11.6 Å². The highest BCUT2D eigenvalue weighted by Gasteiger charge is 2.44. The van der Waals surface area contributed by atoms with Crippen molar-refractivity contribution in [1.29, 1.82) is 0 Å². The summed E-state index contributed by atoms with van der Waals surface area (Å²) in [6.45, 7) is 0. The minimum atomic E-state index is -0.677. The first-order valence-electron chi connectivity index (χ1n) is 6.78. The molecular weight excluding hydrogens is 298 g/mol. The van der Waals surface area contributed by atoms with E-state index in [1.54, 1.807) is 4.90 Å². The van der Waals surface area contributed by atoms with Gasteiger partial charge in [-0.2, -0.15) is 0 Å². The minimum Gasteiger partial charge on any atom is -0.393 e. The molecule has 2 aliphatic rings. The number of hydrogen-bond donors (Lipinski definition) is 1. The van der Waals surface area contributed by atoms with Crippen LogP contribution in [0.5, 0.6) is 0 Å². The second kappa shape index (κ2) is 5.23. The Morgan fingerprint density at radius 3 is 2.62 bits per heavy atom. The standard InChI is InChI=1S/C13H14ClN3O4/c14-12-11(17(20)21)10(3-4-15-12)13(19)16-7-1-2-8(16)6-9(18)5-7/h3-4,7-9,18H,1-2,5-6H2. The molecule has 0 spiro atoms. The summed E-state index contributed by atoms with van der Waals surface area (Å²) in [6.07, 6.45) is 3.58. The summed E-state index contributed by atoms with van der Waals surface area (Å²) < 4.78 is 0. The Morgan fingerprint density at radius 2 is 2.05 bits per heavy atom. The molecule has 2 aliphatic heterocycles. The molecule has 112 valence electrons. The Hall–Kier alpha value is -1.73. The molecule has 2 bridgehead atoms. The lowest BCUT2D eigenvalue weighted by atomic mass is 9.98. The van der Waals surface area contributed by atoms with E-state index in [1.807, 2.05) is 0 Å². The summed E-state index contributed by atoms with van der Waals surface area (Å²) >= 11 is 5.76. The van der Waals surface area contributed by atoms with Gasteiger partial charge in [0.2, 0.25) is 5.15 Å². The number of nitro groups is 1. The van der Waals surface area contributed by atoms with Crippen molar-refractivity contribution in [2.75, 3.05) is 0 Å². The van der Waals surface area contributed by atoms with Crippen molar-refractivity contribution >= 4 is 23.2 Å². The van der Waals surface area contributed by atoms with Crippen LogP contribution in [0.1, 0.15) is 36.0 Å². The highest BCUT2D eigenvalue weighted by Crippen LogP contribution is 2.38. The van der Waals surface area contributed by atoms with Crippen LogP contribution in [0, 0.1) is 10.1 Å². The third kappa shape index (κ3) is 2.36. The van der Waals surface area contributed by atoms with Crippen LogP contribution in [0.25, 0.3) is 0 Å². The average Bonchev–Trinajstić information content (AvgIpc) is 2.69. The maximum Gasteiger partial charge on any atom is 0.319 e. The van der Waals surface area contributed by atoms with Crippen LogP contribution in [0.3, 0.4) is 0 Å². The highest BCUT2D eigenvalue weighted by molar-refractivity contribution is 6.32. The van der Waals surface area contributed by atoms with Gasteiger partial charge in [0.15, 0.2) is 0 Å². The molecule has 1 amide bonds. The van der Waals surface area contributed by atoms with Gasteiger partial charge in [0, 0.05) is 18.3 Å². The molecule has 1 N–H and O–H groups in total. The molecule has 2 saturated heterocycles. The molecule has 0 radical (unpaired) electrons. The number of aliphatic hydroxyl groups excluding tert-OH is 1. The van der Waals surface area contributed by atoms with E-state index in [2.05, 4.69) is 4.98 Å². The van der Waals surface area contributed by atoms with E-state index in [4.69, 9.17) is 11.6 Å². The molecule has 2 atom stereocenters. The van der Waals surface area contributed by atoms with Gasteiger partial charge in [-0.15, -0.1) is 0 Å². The zero-order chi connectivity index (χ0) is 15.1. The average molecular weight is 312 g/mol. The molecule has 7 nitrogen and oxygen atoms in total. The van der Waals surface area contributed by atoms with Crippen LogP contribution in [0.4, 0.5) is 5.69 Å². The number of carbonyl (C=O) groups is 1. The van der Waals surface area contributed by atoms with E-state index < -0.39 is 22.6 Å². The monoisotopic (exact) mass is 311 g/mol. The normalized spacial score (nSPS) is 27.7. The molecule has 1 aromatic heterocycles. The zero-order valence-electron chi connectivity index (χ0n) is 11.1. The molecule has 3 heterocycles. The summed E-state index contributed by atoms with van der Waals surface area (Å²) in [5.41, 5.74) is -0.483. The van der Waals surface area contributed by atoms with Gasteiger partial charge in [0.25, 0.3) is 5.91 Å². The van der Waals surface area contributed by atoms with Gasteiger partial charge in [-0.25, -0.2) is 4.98 Å². The molecule has 0 aliphatic carbocycles. The first kappa shape index (κ1) is 14.2. The highest BCUT2D eigenvalue weighted by atomic mass is 35.5. The topological polar surface area (TPSA) is 96.6 Å². The van der Waals surface area contributed by atoms with E-state index in [1.165, 1.54) is 12.3 Å². The fourth-order valence-corrected chi connectivity index (χ4v) is 3.62. The van der Waals surface area contributed by atoms with Crippen LogP contribution in [0.15, 0.2) is 12.3 Å². The first-order chi connectivity index (χ1) is 9.99. The van der Waals surface area contributed by atoms with Crippen LogP contribution < -0.4 is 0 Å². The number of aliphatic hydroxyl groups is 1. The number of carbonyl (C=O) groups excluding carboxylic acids is 1. The summed E-state index contributed by atoms with van der Waals surface area (Å²) in [7, 11) is 0. The van der Waals surface area contributed by atoms with Gasteiger partial charge in [-0.1, -0.05) is 11.6 Å². The SMILES string of the molecule is O=C(c1ccnc(Cl)c1[N+](=O)[O-])N1C2CCC1CC(O)C2. The van der Waals surface area contributed by atoms with E-state index in [0.29, 0.717) is 12.8 Å². The van der Waals surface area contributed by atoms with Crippen molar-refractivity contribution in [3.05, 3.63) is 33.1 Å². The predicted octanol–water partition coefficient (Wildman–Crippen LogP) is 1.77. The van der Waals surface area contributed by atoms with E-state index in [-0.39, 0.29) is 22.8 Å². The summed E-state index contributed by atoms with van der Waals surface area (Å²) in [5, 5.41) is 20.6. The zero-order valence-corrected chi connectivity index (χ0v) is 11.9. The van der Waals surface area contributed by atoms with Gasteiger partial charge in [-0.3, -0.25) is 14.9 Å². The predicted molar refractivity (Wildman–Crippen MR) is 74.1 cm³/mol. The maximum absolute atomic E-state index is 12.7. The lowest BCUT2D eigenvalue weighted by molar-refractivity contribution is -0.385. The van der Waals surface area contributed by atoms with Gasteiger partial charge in [-0.05, 0) is 31.7 Å². The first-order valence-corrected chi connectivity index (χ1v) is 7.16. The van der Waals surface area contributed by atoms with Crippen molar-refractivity contribution in [2.24, 2.45) is 0 Å².